The summed E-state index contributed by atoms with van der Waals surface area (Å²) < 4.78 is 0. The van der Waals surface area contributed by atoms with E-state index in [9.17, 15) is 0 Å². The monoisotopic (exact) mass is 227 g/mol. The number of nitrogens with zero attached hydrogens (tertiary/aromatic N) is 2. The minimum atomic E-state index is 0.779. The molecule has 0 aliphatic heterocycles. The van der Waals surface area contributed by atoms with Crippen LogP contribution in [0.1, 0.15) is 18.1 Å². The lowest BCUT2D eigenvalue weighted by Gasteiger charge is -2.07. The van der Waals surface area contributed by atoms with E-state index in [1.54, 1.807) is 6.20 Å². The number of hydrogen-bond donors (Lipinski definition) is 1. The van der Waals surface area contributed by atoms with E-state index in [2.05, 4.69) is 54.3 Å². The maximum absolute atomic E-state index is 4.50. The molecule has 0 radical (unpaired) electrons. The molecule has 0 aliphatic rings. The summed E-state index contributed by atoms with van der Waals surface area (Å²) >= 11 is 0. The molecule has 3 heteroatoms. The van der Waals surface area contributed by atoms with Gasteiger partial charge in [0, 0.05) is 18.3 Å². The van der Waals surface area contributed by atoms with Gasteiger partial charge in [-0.05, 0) is 32.4 Å². The average Bonchev–Trinajstić information content (AvgIpc) is 2.29. The van der Waals surface area contributed by atoms with Gasteiger partial charge in [0.2, 0.25) is 0 Å². The van der Waals surface area contributed by atoms with E-state index in [1.165, 1.54) is 11.1 Å². The third-order valence-electron chi connectivity index (χ3n) is 2.64. The Kier molecular flexibility index (Phi) is 3.38. The van der Waals surface area contributed by atoms with Crippen LogP contribution < -0.4 is 5.32 Å². The molecule has 0 aliphatic carbocycles. The van der Waals surface area contributed by atoms with Crippen LogP contribution in [0.2, 0.25) is 0 Å². The van der Waals surface area contributed by atoms with E-state index in [1.807, 2.05) is 6.07 Å². The molecule has 1 aromatic carbocycles. The number of nitrogens with one attached hydrogen (secondary N) is 1. The minimum absolute atomic E-state index is 0.779. The van der Waals surface area contributed by atoms with E-state index in [0.717, 1.165) is 23.8 Å². The molecule has 0 fully saturated rings. The molecule has 88 valence electrons. The highest BCUT2D eigenvalue weighted by Crippen LogP contribution is 2.21. The lowest BCUT2D eigenvalue weighted by atomic mass is 10.1. The first-order chi connectivity index (χ1) is 8.20. The first kappa shape index (κ1) is 11.6. The molecule has 0 unspecified atom stereocenters. The quantitative estimate of drug-likeness (QED) is 0.875. The Morgan fingerprint density at radius 1 is 1.18 bits per heavy atom. The molecular weight excluding hydrogens is 210 g/mol. The molecule has 0 bridgehead atoms. The van der Waals surface area contributed by atoms with Crippen molar-refractivity contribution in [1.82, 2.24) is 9.97 Å². The SMILES string of the molecule is CCNc1ccnc(-c2ccc(C)cc2C)n1. The minimum Gasteiger partial charge on any atom is -0.370 e. The fourth-order valence-corrected chi connectivity index (χ4v) is 1.83. The molecule has 1 heterocycles. The van der Waals surface area contributed by atoms with Crippen molar-refractivity contribution in [2.75, 3.05) is 11.9 Å². The summed E-state index contributed by atoms with van der Waals surface area (Å²) in [5.74, 6) is 1.65. The van der Waals surface area contributed by atoms with Crippen LogP contribution in [0.5, 0.6) is 0 Å². The Bertz CT molecular complexity index is 521. The summed E-state index contributed by atoms with van der Waals surface area (Å²) in [7, 11) is 0. The molecule has 1 N–H and O–H groups in total. The number of hydrogen-bond acceptors (Lipinski definition) is 3. The van der Waals surface area contributed by atoms with Gasteiger partial charge in [0.25, 0.3) is 0 Å². The summed E-state index contributed by atoms with van der Waals surface area (Å²) in [5, 5.41) is 3.20. The Morgan fingerprint density at radius 2 is 2.00 bits per heavy atom. The first-order valence-corrected chi connectivity index (χ1v) is 5.85. The normalized spacial score (nSPS) is 10.3. The predicted octanol–water partition coefficient (Wildman–Crippen LogP) is 3.19. The van der Waals surface area contributed by atoms with Crippen molar-refractivity contribution in [3.8, 4) is 11.4 Å². The highest BCUT2D eigenvalue weighted by atomic mass is 15.0. The zero-order valence-electron chi connectivity index (χ0n) is 10.5. The van der Waals surface area contributed by atoms with Crippen LogP contribution in [0, 0.1) is 13.8 Å². The van der Waals surface area contributed by atoms with Crippen molar-refractivity contribution >= 4 is 5.82 Å². The van der Waals surface area contributed by atoms with Crippen LogP contribution in [0.25, 0.3) is 11.4 Å². The number of aromatic nitrogens is 2. The van der Waals surface area contributed by atoms with E-state index < -0.39 is 0 Å². The van der Waals surface area contributed by atoms with Gasteiger partial charge >= 0.3 is 0 Å². The third-order valence-corrected chi connectivity index (χ3v) is 2.64. The molecular formula is C14H17N3. The summed E-state index contributed by atoms with van der Waals surface area (Å²) in [6.07, 6.45) is 1.79. The highest BCUT2D eigenvalue weighted by Gasteiger charge is 2.05. The smallest absolute Gasteiger partial charge is 0.161 e. The van der Waals surface area contributed by atoms with E-state index in [-0.39, 0.29) is 0 Å². The van der Waals surface area contributed by atoms with Gasteiger partial charge in [-0.15, -0.1) is 0 Å². The predicted molar refractivity (Wildman–Crippen MR) is 71.1 cm³/mol. The van der Waals surface area contributed by atoms with Gasteiger partial charge < -0.3 is 5.32 Å². The Hall–Kier alpha value is -1.90. The van der Waals surface area contributed by atoms with Crippen LogP contribution in [0.3, 0.4) is 0 Å². The topological polar surface area (TPSA) is 37.8 Å². The average molecular weight is 227 g/mol. The van der Waals surface area contributed by atoms with Crippen molar-refractivity contribution in [3.63, 3.8) is 0 Å². The van der Waals surface area contributed by atoms with Crippen molar-refractivity contribution in [2.45, 2.75) is 20.8 Å². The van der Waals surface area contributed by atoms with E-state index >= 15 is 0 Å². The summed E-state index contributed by atoms with van der Waals surface area (Å²) in [5.41, 5.74) is 3.56. The van der Waals surface area contributed by atoms with Crippen LogP contribution in [-0.2, 0) is 0 Å². The fraction of sp³-hybridized carbons (Fsp3) is 0.286. The van der Waals surface area contributed by atoms with Crippen LogP contribution in [0.4, 0.5) is 5.82 Å². The summed E-state index contributed by atoms with van der Waals surface area (Å²) in [6.45, 7) is 7.10. The molecule has 17 heavy (non-hydrogen) atoms. The van der Waals surface area contributed by atoms with Gasteiger partial charge in [-0.3, -0.25) is 0 Å². The second-order valence-corrected chi connectivity index (χ2v) is 4.11. The maximum atomic E-state index is 4.50. The van der Waals surface area contributed by atoms with Gasteiger partial charge in [0.05, 0.1) is 0 Å². The van der Waals surface area contributed by atoms with Crippen LogP contribution in [0.15, 0.2) is 30.5 Å². The van der Waals surface area contributed by atoms with Crippen molar-refractivity contribution < 1.29 is 0 Å². The molecule has 3 nitrogen and oxygen atoms in total. The zero-order valence-corrected chi connectivity index (χ0v) is 10.5. The largest absolute Gasteiger partial charge is 0.370 e. The number of aryl methyl sites for hydroxylation is 2. The first-order valence-electron chi connectivity index (χ1n) is 5.85. The Balaban J connectivity index is 2.42. The van der Waals surface area contributed by atoms with Gasteiger partial charge in [0.15, 0.2) is 5.82 Å². The van der Waals surface area contributed by atoms with Crippen molar-refractivity contribution in [1.29, 1.82) is 0 Å². The molecule has 2 aromatic rings. The molecule has 1 aromatic heterocycles. The fourth-order valence-electron chi connectivity index (χ4n) is 1.83. The highest BCUT2D eigenvalue weighted by molar-refractivity contribution is 5.61. The van der Waals surface area contributed by atoms with Gasteiger partial charge in [-0.1, -0.05) is 23.8 Å². The van der Waals surface area contributed by atoms with Gasteiger partial charge in [-0.25, -0.2) is 9.97 Å². The van der Waals surface area contributed by atoms with Crippen LogP contribution in [-0.4, -0.2) is 16.5 Å². The standard InChI is InChI=1S/C14H17N3/c1-4-15-13-7-8-16-14(17-13)12-6-5-10(2)9-11(12)3/h5-9H,4H2,1-3H3,(H,15,16,17). The Labute approximate surface area is 102 Å². The van der Waals surface area contributed by atoms with Crippen molar-refractivity contribution in [3.05, 3.63) is 41.6 Å². The molecule has 0 atom stereocenters. The van der Waals surface area contributed by atoms with E-state index in [4.69, 9.17) is 0 Å². The number of benzene rings is 1. The Morgan fingerprint density at radius 3 is 2.71 bits per heavy atom. The zero-order chi connectivity index (χ0) is 12.3. The lowest BCUT2D eigenvalue weighted by molar-refractivity contribution is 1.11. The van der Waals surface area contributed by atoms with E-state index in [0.29, 0.717) is 0 Å². The lowest BCUT2D eigenvalue weighted by Crippen LogP contribution is -2.01. The molecule has 0 spiro atoms. The second kappa shape index (κ2) is 4.95. The summed E-state index contributed by atoms with van der Waals surface area (Å²) in [4.78, 5) is 8.83. The molecule has 0 amide bonds. The number of anilines is 1. The number of rotatable bonds is 3. The molecule has 0 saturated heterocycles. The summed E-state index contributed by atoms with van der Waals surface area (Å²) in [6, 6.07) is 8.20. The second-order valence-electron chi connectivity index (χ2n) is 4.11. The van der Waals surface area contributed by atoms with Crippen molar-refractivity contribution in [2.24, 2.45) is 0 Å². The maximum Gasteiger partial charge on any atom is 0.161 e. The molecule has 2 rings (SSSR count). The van der Waals surface area contributed by atoms with Gasteiger partial charge in [0.1, 0.15) is 5.82 Å². The molecule has 0 saturated carbocycles. The van der Waals surface area contributed by atoms with Crippen LogP contribution >= 0.6 is 0 Å². The van der Waals surface area contributed by atoms with Gasteiger partial charge in [-0.2, -0.15) is 0 Å². The third kappa shape index (κ3) is 2.61.